The van der Waals surface area contributed by atoms with Crippen molar-refractivity contribution in [3.05, 3.63) is 12.7 Å². The van der Waals surface area contributed by atoms with Gasteiger partial charge in [0.05, 0.1) is 25.4 Å². The second-order valence-corrected chi connectivity index (χ2v) is 7.90. The molecule has 0 bridgehead atoms. The number of ether oxygens (including phenoxy) is 3. The van der Waals surface area contributed by atoms with Crippen molar-refractivity contribution in [3.8, 4) is 0 Å². The van der Waals surface area contributed by atoms with Crippen LogP contribution in [0.5, 0.6) is 0 Å². The molecule has 0 aromatic rings. The molecule has 0 aromatic carbocycles. The van der Waals surface area contributed by atoms with Crippen molar-refractivity contribution >= 4 is 17.8 Å². The van der Waals surface area contributed by atoms with E-state index in [1.54, 1.807) is 0 Å². The van der Waals surface area contributed by atoms with Gasteiger partial charge in [-0.25, -0.2) is 4.79 Å². The number of hydrogen-bond acceptors (Lipinski definition) is 10. The van der Waals surface area contributed by atoms with Crippen LogP contribution in [0.3, 0.4) is 0 Å². The molecular weight excluding hydrogens is 456 g/mol. The first-order valence-corrected chi connectivity index (χ1v) is 11.0. The van der Waals surface area contributed by atoms with Gasteiger partial charge >= 0.3 is 5.97 Å². The highest BCUT2D eigenvalue weighted by atomic mass is 16.7. The van der Waals surface area contributed by atoms with Gasteiger partial charge in [0.2, 0.25) is 11.8 Å². The van der Waals surface area contributed by atoms with E-state index in [0.717, 1.165) is 6.92 Å². The largest absolute Gasteiger partial charge is 0.477 e. The monoisotopic (exact) mass is 492 g/mol. The van der Waals surface area contributed by atoms with Gasteiger partial charge in [0, 0.05) is 33.1 Å². The zero-order valence-corrected chi connectivity index (χ0v) is 19.2. The summed E-state index contributed by atoms with van der Waals surface area (Å²) in [4.78, 5) is 34.5. The number of nitrogens with one attached hydrogen (secondary N) is 2. The van der Waals surface area contributed by atoms with Crippen LogP contribution < -0.4 is 10.6 Å². The molecule has 196 valence electrons. The molecule has 0 unspecified atom stereocenters. The Labute approximate surface area is 197 Å². The number of carboxylic acids is 1. The van der Waals surface area contributed by atoms with Crippen LogP contribution in [0.15, 0.2) is 12.7 Å². The Morgan fingerprint density at radius 2 is 1.85 bits per heavy atom. The van der Waals surface area contributed by atoms with E-state index in [-0.39, 0.29) is 12.5 Å². The molecule has 13 heteroatoms. The minimum absolute atomic E-state index is 0.0755. The minimum atomic E-state index is -2.33. The van der Waals surface area contributed by atoms with Crippen LogP contribution in [0, 0.1) is 0 Å². The summed E-state index contributed by atoms with van der Waals surface area (Å²) in [5.41, 5.74) is 0. The molecular formula is C21H36N2O11. The molecule has 0 aliphatic carbocycles. The van der Waals surface area contributed by atoms with E-state index < -0.39 is 61.1 Å². The van der Waals surface area contributed by atoms with Crippen LogP contribution >= 0.6 is 0 Å². The number of amides is 2. The Bertz CT molecular complexity index is 677. The Morgan fingerprint density at radius 1 is 1.21 bits per heavy atom. The van der Waals surface area contributed by atoms with Gasteiger partial charge in [-0.05, 0) is 25.3 Å². The number of rotatable bonds is 16. The minimum Gasteiger partial charge on any atom is -0.477 e. The van der Waals surface area contributed by atoms with E-state index in [1.165, 1.54) is 6.08 Å². The summed E-state index contributed by atoms with van der Waals surface area (Å²) >= 11 is 0. The molecule has 0 aromatic heterocycles. The summed E-state index contributed by atoms with van der Waals surface area (Å²) in [7, 11) is 0. The van der Waals surface area contributed by atoms with Crippen molar-refractivity contribution in [1.82, 2.24) is 10.6 Å². The standard InChI is InChI=1S/C21H36N2O11/c1-3-16(28)22-7-6-9-32-8-4-5-10-33-21(20(30)31)11-14(26)17(23-13(2)25)19(34-21)18(29)15(27)12-24/h3,14-15,17-19,24,26-27,29H,1,4-12H2,2H3,(H,22,28)(H,23,25)(H,30,31)/t14-,15+,17+,18+,19+,21+/m0/s1. The zero-order valence-electron chi connectivity index (χ0n) is 19.2. The zero-order chi connectivity index (χ0) is 25.7. The van der Waals surface area contributed by atoms with Gasteiger partial charge in [0.15, 0.2) is 0 Å². The van der Waals surface area contributed by atoms with Crippen molar-refractivity contribution in [2.45, 2.75) is 68.9 Å². The molecule has 6 atom stereocenters. The lowest BCUT2D eigenvalue weighted by Gasteiger charge is -2.46. The lowest BCUT2D eigenvalue weighted by Crippen LogP contribution is -2.67. The highest BCUT2D eigenvalue weighted by Crippen LogP contribution is 2.33. The SMILES string of the molecule is C=CC(=O)NCCCOCCCCO[C@]1(C(=O)O)C[C@H](O)[C@@H](NC(C)=O)[C@H]([C@H](O)[C@H](O)CO)O1. The lowest BCUT2D eigenvalue weighted by atomic mass is 9.88. The average molecular weight is 493 g/mol. The molecule has 2 amide bonds. The summed E-state index contributed by atoms with van der Waals surface area (Å²) in [6.45, 7) is 4.82. The first-order valence-electron chi connectivity index (χ1n) is 11.0. The van der Waals surface area contributed by atoms with E-state index in [0.29, 0.717) is 39.0 Å². The number of carbonyl (C=O) groups is 3. The van der Waals surface area contributed by atoms with Crippen molar-refractivity contribution in [2.24, 2.45) is 0 Å². The predicted molar refractivity (Wildman–Crippen MR) is 116 cm³/mol. The average Bonchev–Trinajstić information content (AvgIpc) is 2.80. The van der Waals surface area contributed by atoms with Crippen molar-refractivity contribution < 1.29 is 54.1 Å². The second-order valence-electron chi connectivity index (χ2n) is 7.90. The van der Waals surface area contributed by atoms with E-state index >= 15 is 0 Å². The molecule has 0 saturated carbocycles. The summed E-state index contributed by atoms with van der Waals surface area (Å²) in [6, 6.07) is -1.24. The molecule has 1 saturated heterocycles. The van der Waals surface area contributed by atoms with Crippen LogP contribution in [0.1, 0.15) is 32.6 Å². The molecule has 7 N–H and O–H groups in total. The van der Waals surface area contributed by atoms with Gasteiger partial charge in [-0.1, -0.05) is 6.58 Å². The highest BCUT2D eigenvalue weighted by Gasteiger charge is 2.55. The number of aliphatic hydroxyl groups is 4. The highest BCUT2D eigenvalue weighted by molar-refractivity contribution is 5.86. The molecule has 1 aliphatic heterocycles. The Morgan fingerprint density at radius 3 is 2.44 bits per heavy atom. The molecule has 13 nitrogen and oxygen atoms in total. The summed E-state index contributed by atoms with van der Waals surface area (Å²) < 4.78 is 16.4. The van der Waals surface area contributed by atoms with E-state index in [9.17, 15) is 34.8 Å². The normalized spacial score (nSPS) is 26.3. The van der Waals surface area contributed by atoms with Crippen LogP contribution in [0.4, 0.5) is 0 Å². The first-order chi connectivity index (χ1) is 16.1. The fourth-order valence-corrected chi connectivity index (χ4v) is 3.38. The van der Waals surface area contributed by atoms with Gasteiger partial charge in [0.1, 0.15) is 18.3 Å². The summed E-state index contributed by atoms with van der Waals surface area (Å²) in [6.07, 6.45) is -4.41. The van der Waals surface area contributed by atoms with Gasteiger partial charge in [-0.3, -0.25) is 9.59 Å². The molecule has 1 aliphatic rings. The number of aliphatic carboxylic acids is 1. The van der Waals surface area contributed by atoms with Gasteiger partial charge in [-0.15, -0.1) is 0 Å². The van der Waals surface area contributed by atoms with E-state index in [4.69, 9.17) is 19.3 Å². The first kappa shape index (κ1) is 29.9. The maximum absolute atomic E-state index is 12.0. The molecule has 1 heterocycles. The predicted octanol–water partition coefficient (Wildman–Crippen LogP) is -2.36. The third kappa shape index (κ3) is 9.25. The third-order valence-electron chi connectivity index (χ3n) is 5.15. The maximum Gasteiger partial charge on any atom is 0.364 e. The summed E-state index contributed by atoms with van der Waals surface area (Å²) in [5, 5.41) is 54.6. The fraction of sp³-hybridized carbons (Fsp3) is 0.762. The van der Waals surface area contributed by atoms with Crippen LogP contribution in [0.25, 0.3) is 0 Å². The number of hydrogen-bond donors (Lipinski definition) is 7. The van der Waals surface area contributed by atoms with Crippen LogP contribution in [0.2, 0.25) is 0 Å². The molecule has 1 fully saturated rings. The van der Waals surface area contributed by atoms with Crippen molar-refractivity contribution in [1.29, 1.82) is 0 Å². The fourth-order valence-electron chi connectivity index (χ4n) is 3.38. The number of carbonyl (C=O) groups excluding carboxylic acids is 2. The number of unbranched alkanes of at least 4 members (excludes halogenated alkanes) is 1. The smallest absolute Gasteiger partial charge is 0.364 e. The van der Waals surface area contributed by atoms with E-state index in [1.807, 2.05) is 0 Å². The van der Waals surface area contributed by atoms with Crippen LogP contribution in [-0.4, -0.2) is 113 Å². The Balaban J connectivity index is 2.61. The van der Waals surface area contributed by atoms with Gasteiger partial charge in [0.25, 0.3) is 5.79 Å². The molecule has 0 spiro atoms. The number of aliphatic hydroxyl groups excluding tert-OH is 4. The van der Waals surface area contributed by atoms with E-state index in [2.05, 4.69) is 17.2 Å². The molecule has 0 radical (unpaired) electrons. The third-order valence-corrected chi connectivity index (χ3v) is 5.15. The van der Waals surface area contributed by atoms with Gasteiger partial charge < -0.3 is 50.4 Å². The Kier molecular flexibility index (Phi) is 13.2. The topological polar surface area (TPSA) is 204 Å². The molecule has 1 rings (SSSR count). The Hall–Kier alpha value is -2.13. The molecule has 34 heavy (non-hydrogen) atoms. The second kappa shape index (κ2) is 15.0. The quantitative estimate of drug-likeness (QED) is 0.0896. The summed E-state index contributed by atoms with van der Waals surface area (Å²) in [5.74, 6) is -4.72. The van der Waals surface area contributed by atoms with Gasteiger partial charge in [-0.2, -0.15) is 0 Å². The number of carboxylic acid groups (broad SMARTS) is 1. The van der Waals surface area contributed by atoms with Crippen molar-refractivity contribution in [3.63, 3.8) is 0 Å². The lowest BCUT2D eigenvalue weighted by molar-refractivity contribution is -0.311. The maximum atomic E-state index is 12.0. The van der Waals surface area contributed by atoms with Crippen molar-refractivity contribution in [2.75, 3.05) is 33.0 Å². The van der Waals surface area contributed by atoms with Crippen LogP contribution in [-0.2, 0) is 28.6 Å².